The van der Waals surface area contributed by atoms with Crippen LogP contribution in [0.2, 0.25) is 0 Å². The van der Waals surface area contributed by atoms with Crippen molar-refractivity contribution in [2.24, 2.45) is 0 Å². The van der Waals surface area contributed by atoms with Gasteiger partial charge in [0.1, 0.15) is 0 Å². The molecule has 0 aliphatic carbocycles. The van der Waals surface area contributed by atoms with Crippen molar-refractivity contribution in [1.82, 2.24) is 0 Å². The zero-order valence-electron chi connectivity index (χ0n) is 7.52. The van der Waals surface area contributed by atoms with Gasteiger partial charge in [0.25, 0.3) is 0 Å². The molecule has 0 aliphatic heterocycles. The largest absolute Gasteiger partial charge is 0.490 e. The zero-order chi connectivity index (χ0) is 9.68. The summed E-state index contributed by atoms with van der Waals surface area (Å²) < 4.78 is 29.7. The summed E-state index contributed by atoms with van der Waals surface area (Å²) in [5, 5.41) is 0. The number of aryl methyl sites for hydroxylation is 1. The quantitative estimate of drug-likeness (QED) is 0.657. The molecular weight excluding hydrogens is 174 g/mol. The van der Waals surface area contributed by atoms with Gasteiger partial charge < -0.3 is 4.74 Å². The van der Waals surface area contributed by atoms with E-state index in [4.69, 9.17) is 4.74 Å². The minimum absolute atomic E-state index is 0.202. The molecule has 0 atom stereocenters. The van der Waals surface area contributed by atoms with E-state index in [1.165, 1.54) is 6.07 Å². The second-order valence-electron chi connectivity index (χ2n) is 2.82. The maximum atomic E-state index is 13.0. The van der Waals surface area contributed by atoms with E-state index in [1.54, 1.807) is 12.1 Å². The normalized spacial score (nSPS) is 10.1. The van der Waals surface area contributed by atoms with E-state index in [2.05, 4.69) is 0 Å². The first-order valence-corrected chi connectivity index (χ1v) is 4.19. The third kappa shape index (κ3) is 3.01. The van der Waals surface area contributed by atoms with Crippen LogP contribution in [0.1, 0.15) is 12.0 Å². The number of alkyl halides is 1. The lowest BCUT2D eigenvalue weighted by Crippen LogP contribution is -2.00. The summed E-state index contributed by atoms with van der Waals surface area (Å²) in [4.78, 5) is 0. The van der Waals surface area contributed by atoms with Crippen LogP contribution < -0.4 is 4.74 Å². The molecule has 0 bridgehead atoms. The van der Waals surface area contributed by atoms with Crippen LogP contribution in [-0.4, -0.2) is 13.3 Å². The Balaban J connectivity index is 2.59. The topological polar surface area (TPSA) is 9.23 Å². The van der Waals surface area contributed by atoms with Crippen molar-refractivity contribution >= 4 is 0 Å². The smallest absolute Gasteiger partial charge is 0.165 e. The molecule has 0 spiro atoms. The number of hydrogen-bond acceptors (Lipinski definition) is 1. The van der Waals surface area contributed by atoms with Gasteiger partial charge in [0.15, 0.2) is 11.6 Å². The number of hydrogen-bond donors (Lipinski definition) is 0. The summed E-state index contributed by atoms with van der Waals surface area (Å²) in [6, 6.07) is 4.62. The molecule has 0 heterocycles. The van der Waals surface area contributed by atoms with E-state index in [-0.39, 0.29) is 12.4 Å². The van der Waals surface area contributed by atoms with Gasteiger partial charge in [-0.2, -0.15) is 0 Å². The predicted octanol–water partition coefficient (Wildman–Crippen LogP) is 2.87. The van der Waals surface area contributed by atoms with Crippen molar-refractivity contribution in [2.45, 2.75) is 13.3 Å². The van der Waals surface area contributed by atoms with Gasteiger partial charge in [-0.1, -0.05) is 6.07 Å². The SMILES string of the molecule is Cc1ccc(F)c(OCCCF)c1. The molecule has 0 saturated heterocycles. The van der Waals surface area contributed by atoms with E-state index >= 15 is 0 Å². The maximum Gasteiger partial charge on any atom is 0.165 e. The first kappa shape index (κ1) is 9.96. The van der Waals surface area contributed by atoms with Gasteiger partial charge in [0.05, 0.1) is 13.3 Å². The van der Waals surface area contributed by atoms with Crippen LogP contribution in [0.25, 0.3) is 0 Å². The molecule has 0 N–H and O–H groups in total. The summed E-state index contributed by atoms with van der Waals surface area (Å²) in [5.74, 6) is -0.196. The molecule has 1 nitrogen and oxygen atoms in total. The summed E-state index contributed by atoms with van der Waals surface area (Å²) in [6.07, 6.45) is 0.299. The minimum Gasteiger partial charge on any atom is -0.490 e. The first-order valence-electron chi connectivity index (χ1n) is 4.19. The van der Waals surface area contributed by atoms with Crippen LogP contribution in [0.3, 0.4) is 0 Å². The highest BCUT2D eigenvalue weighted by Gasteiger charge is 2.02. The molecular formula is C10H12F2O. The number of rotatable bonds is 4. The number of benzene rings is 1. The number of ether oxygens (including phenoxy) is 1. The van der Waals surface area contributed by atoms with E-state index in [1.807, 2.05) is 6.92 Å². The van der Waals surface area contributed by atoms with Crippen LogP contribution >= 0.6 is 0 Å². The van der Waals surface area contributed by atoms with E-state index in [0.29, 0.717) is 6.42 Å². The van der Waals surface area contributed by atoms with Crippen molar-refractivity contribution in [3.63, 3.8) is 0 Å². The minimum atomic E-state index is -0.437. The molecule has 0 fully saturated rings. The standard InChI is InChI=1S/C10H12F2O/c1-8-3-4-9(12)10(7-8)13-6-2-5-11/h3-4,7H,2,5-6H2,1H3. The van der Waals surface area contributed by atoms with Crippen molar-refractivity contribution in [3.8, 4) is 5.75 Å². The fraction of sp³-hybridized carbons (Fsp3) is 0.400. The van der Waals surface area contributed by atoms with Crippen LogP contribution in [0, 0.1) is 12.7 Å². The maximum absolute atomic E-state index is 13.0. The van der Waals surface area contributed by atoms with Crippen molar-refractivity contribution in [3.05, 3.63) is 29.6 Å². The highest BCUT2D eigenvalue weighted by molar-refractivity contribution is 5.29. The molecule has 1 rings (SSSR count). The lowest BCUT2D eigenvalue weighted by atomic mass is 10.2. The second-order valence-corrected chi connectivity index (χ2v) is 2.82. The summed E-state index contributed by atoms with van der Waals surface area (Å²) in [6.45, 7) is 1.63. The van der Waals surface area contributed by atoms with Gasteiger partial charge in [-0.05, 0) is 24.6 Å². The van der Waals surface area contributed by atoms with Crippen molar-refractivity contribution < 1.29 is 13.5 Å². The summed E-state index contributed by atoms with van der Waals surface area (Å²) in [5.41, 5.74) is 0.927. The Bertz CT molecular complexity index is 274. The first-order chi connectivity index (χ1) is 6.24. The second kappa shape index (κ2) is 4.80. The third-order valence-electron chi connectivity index (χ3n) is 1.62. The highest BCUT2D eigenvalue weighted by atomic mass is 19.1. The van der Waals surface area contributed by atoms with Crippen molar-refractivity contribution in [2.75, 3.05) is 13.3 Å². The van der Waals surface area contributed by atoms with E-state index in [0.717, 1.165) is 5.56 Å². The van der Waals surface area contributed by atoms with Gasteiger partial charge in [-0.3, -0.25) is 4.39 Å². The molecule has 72 valence electrons. The molecule has 3 heteroatoms. The Morgan fingerprint density at radius 2 is 2.15 bits per heavy atom. The van der Waals surface area contributed by atoms with E-state index < -0.39 is 12.5 Å². The molecule has 0 radical (unpaired) electrons. The predicted molar refractivity (Wildman–Crippen MR) is 47.2 cm³/mol. The van der Waals surface area contributed by atoms with Gasteiger partial charge in [-0.15, -0.1) is 0 Å². The fourth-order valence-electron chi connectivity index (χ4n) is 0.958. The molecule has 0 unspecified atom stereocenters. The fourth-order valence-corrected chi connectivity index (χ4v) is 0.958. The van der Waals surface area contributed by atoms with Crippen LogP contribution in [0.15, 0.2) is 18.2 Å². The summed E-state index contributed by atoms with van der Waals surface area (Å²) >= 11 is 0. The molecule has 1 aromatic carbocycles. The Morgan fingerprint density at radius 1 is 1.38 bits per heavy atom. The molecule has 1 aromatic rings. The lowest BCUT2D eigenvalue weighted by Gasteiger charge is -2.06. The van der Waals surface area contributed by atoms with E-state index in [9.17, 15) is 8.78 Å². The van der Waals surface area contributed by atoms with Gasteiger partial charge in [-0.25, -0.2) is 4.39 Å². The Hall–Kier alpha value is -1.12. The van der Waals surface area contributed by atoms with Crippen LogP contribution in [0.4, 0.5) is 8.78 Å². The van der Waals surface area contributed by atoms with Gasteiger partial charge in [0, 0.05) is 6.42 Å². The average molecular weight is 186 g/mol. The molecule has 0 aliphatic rings. The van der Waals surface area contributed by atoms with Crippen molar-refractivity contribution in [1.29, 1.82) is 0 Å². The van der Waals surface area contributed by atoms with Crippen LogP contribution in [-0.2, 0) is 0 Å². The monoisotopic (exact) mass is 186 g/mol. The molecule has 0 amide bonds. The van der Waals surface area contributed by atoms with Gasteiger partial charge in [0.2, 0.25) is 0 Å². The zero-order valence-corrected chi connectivity index (χ0v) is 7.52. The average Bonchev–Trinajstić information content (AvgIpc) is 2.11. The third-order valence-corrected chi connectivity index (χ3v) is 1.62. The summed E-state index contributed by atoms with van der Waals surface area (Å²) in [7, 11) is 0. The highest BCUT2D eigenvalue weighted by Crippen LogP contribution is 2.18. The Morgan fingerprint density at radius 3 is 2.85 bits per heavy atom. The number of halogens is 2. The molecule has 0 saturated carbocycles. The Labute approximate surface area is 76.3 Å². The molecule has 13 heavy (non-hydrogen) atoms. The van der Waals surface area contributed by atoms with Crippen LogP contribution in [0.5, 0.6) is 5.75 Å². The lowest BCUT2D eigenvalue weighted by molar-refractivity contribution is 0.277. The van der Waals surface area contributed by atoms with Gasteiger partial charge >= 0.3 is 0 Å². The molecule has 0 aromatic heterocycles. The Kier molecular flexibility index (Phi) is 3.68.